The fourth-order valence-electron chi connectivity index (χ4n) is 1.81. The normalized spacial score (nSPS) is 20.0. The largest absolute Gasteiger partial charge is 0.469 e. The van der Waals surface area contributed by atoms with Gasteiger partial charge in [-0.2, -0.15) is 0 Å². The molecule has 1 N–H and O–H groups in total. The number of benzene rings is 1. The van der Waals surface area contributed by atoms with Crippen LogP contribution in [0.3, 0.4) is 0 Å². The molecule has 2 nitrogen and oxygen atoms in total. The van der Waals surface area contributed by atoms with Crippen LogP contribution in [0.25, 0.3) is 0 Å². The summed E-state index contributed by atoms with van der Waals surface area (Å²) in [5.41, 5.74) is 2.43. The Morgan fingerprint density at radius 3 is 2.67 bits per heavy atom. The summed E-state index contributed by atoms with van der Waals surface area (Å²) in [5, 5.41) is 3.42. The van der Waals surface area contributed by atoms with Gasteiger partial charge in [0.25, 0.3) is 0 Å². The van der Waals surface area contributed by atoms with E-state index < -0.39 is 0 Å². The summed E-state index contributed by atoms with van der Waals surface area (Å²) in [4.78, 5) is 0. The monoisotopic (exact) mass is 203 g/mol. The fourth-order valence-corrected chi connectivity index (χ4v) is 1.81. The average Bonchev–Trinajstić information content (AvgIpc) is 2.63. The zero-order valence-corrected chi connectivity index (χ0v) is 9.29. The molecule has 2 rings (SSSR count). The van der Waals surface area contributed by atoms with E-state index in [2.05, 4.69) is 24.4 Å². The van der Waals surface area contributed by atoms with Gasteiger partial charge in [-0.25, -0.2) is 0 Å². The molecule has 15 heavy (non-hydrogen) atoms. The Morgan fingerprint density at radius 1 is 1.27 bits per heavy atom. The van der Waals surface area contributed by atoms with Gasteiger partial charge in [-0.05, 0) is 13.3 Å². The van der Waals surface area contributed by atoms with E-state index in [1.807, 2.05) is 25.1 Å². The van der Waals surface area contributed by atoms with Crippen molar-refractivity contribution in [3.05, 3.63) is 47.4 Å². The number of nitrogens with one attached hydrogen (secondary N) is 1. The molecule has 1 aromatic rings. The van der Waals surface area contributed by atoms with Crippen molar-refractivity contribution in [1.29, 1.82) is 0 Å². The maximum absolute atomic E-state index is 5.78. The zero-order valence-electron chi connectivity index (χ0n) is 9.29. The highest BCUT2D eigenvalue weighted by atomic mass is 16.5. The highest BCUT2D eigenvalue weighted by Gasteiger charge is 2.22. The lowest BCUT2D eigenvalue weighted by atomic mass is 10.2. The number of allylic oxidation sites excluding steroid dienone is 2. The topological polar surface area (TPSA) is 21.3 Å². The van der Waals surface area contributed by atoms with E-state index in [0.29, 0.717) is 0 Å². The summed E-state index contributed by atoms with van der Waals surface area (Å²) in [6.45, 7) is 4.21. The molecule has 0 aromatic heterocycles. The minimum atomic E-state index is 0.00718. The predicted molar refractivity (Wildman–Crippen MR) is 61.0 cm³/mol. The molecule has 0 saturated heterocycles. The summed E-state index contributed by atoms with van der Waals surface area (Å²) < 4.78 is 5.78. The summed E-state index contributed by atoms with van der Waals surface area (Å²) in [6, 6.07) is 10.3. The predicted octanol–water partition coefficient (Wildman–Crippen LogP) is 3.34. The SMILES string of the molecule is CCCC1=C(C)OC(c2ccccc2)N1. The third-order valence-corrected chi connectivity index (χ3v) is 2.63. The molecular formula is C13H17NO. The van der Waals surface area contributed by atoms with Crippen LogP contribution in [0, 0.1) is 0 Å². The van der Waals surface area contributed by atoms with Gasteiger partial charge in [0.15, 0.2) is 6.23 Å². The van der Waals surface area contributed by atoms with E-state index in [9.17, 15) is 0 Å². The van der Waals surface area contributed by atoms with E-state index in [1.165, 1.54) is 11.3 Å². The molecule has 0 bridgehead atoms. The van der Waals surface area contributed by atoms with Gasteiger partial charge < -0.3 is 10.1 Å². The summed E-state index contributed by atoms with van der Waals surface area (Å²) in [6.07, 6.45) is 2.22. The van der Waals surface area contributed by atoms with Gasteiger partial charge >= 0.3 is 0 Å². The van der Waals surface area contributed by atoms with Gasteiger partial charge in [-0.15, -0.1) is 0 Å². The average molecular weight is 203 g/mol. The van der Waals surface area contributed by atoms with Crippen molar-refractivity contribution in [2.45, 2.75) is 32.9 Å². The minimum Gasteiger partial charge on any atom is -0.469 e. The van der Waals surface area contributed by atoms with Crippen LogP contribution in [0.4, 0.5) is 0 Å². The number of rotatable bonds is 3. The molecule has 0 spiro atoms. The van der Waals surface area contributed by atoms with Gasteiger partial charge in [0, 0.05) is 5.56 Å². The second kappa shape index (κ2) is 4.39. The van der Waals surface area contributed by atoms with E-state index in [1.54, 1.807) is 0 Å². The molecular weight excluding hydrogens is 186 g/mol. The third kappa shape index (κ3) is 2.14. The Labute approximate surface area is 91.0 Å². The first-order valence-electron chi connectivity index (χ1n) is 5.49. The summed E-state index contributed by atoms with van der Waals surface area (Å²) >= 11 is 0. The van der Waals surface area contributed by atoms with E-state index in [0.717, 1.165) is 18.6 Å². The lowest BCUT2D eigenvalue weighted by Gasteiger charge is -2.12. The van der Waals surface area contributed by atoms with Crippen LogP contribution in [0.5, 0.6) is 0 Å². The highest BCUT2D eigenvalue weighted by molar-refractivity contribution is 5.22. The molecule has 1 aliphatic heterocycles. The first kappa shape index (κ1) is 10.1. The maximum Gasteiger partial charge on any atom is 0.195 e. The van der Waals surface area contributed by atoms with Crippen LogP contribution in [0.15, 0.2) is 41.8 Å². The van der Waals surface area contributed by atoms with E-state index >= 15 is 0 Å². The van der Waals surface area contributed by atoms with Crippen molar-refractivity contribution in [3.63, 3.8) is 0 Å². The summed E-state index contributed by atoms with van der Waals surface area (Å²) in [5.74, 6) is 1.03. The smallest absolute Gasteiger partial charge is 0.195 e. The van der Waals surface area contributed by atoms with Crippen LogP contribution in [-0.4, -0.2) is 0 Å². The van der Waals surface area contributed by atoms with Crippen molar-refractivity contribution in [1.82, 2.24) is 5.32 Å². The van der Waals surface area contributed by atoms with Crippen LogP contribution in [0.1, 0.15) is 38.5 Å². The van der Waals surface area contributed by atoms with Crippen LogP contribution >= 0.6 is 0 Å². The molecule has 80 valence electrons. The number of hydrogen-bond donors (Lipinski definition) is 1. The molecule has 0 amide bonds. The van der Waals surface area contributed by atoms with Crippen LogP contribution < -0.4 is 5.32 Å². The number of hydrogen-bond acceptors (Lipinski definition) is 2. The standard InChI is InChI=1S/C13H17NO/c1-3-7-12-10(2)15-13(14-12)11-8-5-4-6-9-11/h4-6,8-9,13-14H,3,7H2,1-2H3. The quantitative estimate of drug-likeness (QED) is 0.813. The molecule has 0 radical (unpaired) electrons. The van der Waals surface area contributed by atoms with Gasteiger partial charge in [-0.3, -0.25) is 0 Å². The second-order valence-corrected chi connectivity index (χ2v) is 3.84. The molecule has 1 atom stereocenters. The van der Waals surface area contributed by atoms with E-state index in [4.69, 9.17) is 4.74 Å². The molecule has 0 fully saturated rings. The van der Waals surface area contributed by atoms with Crippen molar-refractivity contribution < 1.29 is 4.74 Å². The van der Waals surface area contributed by atoms with Crippen molar-refractivity contribution in [2.24, 2.45) is 0 Å². The van der Waals surface area contributed by atoms with Crippen LogP contribution in [-0.2, 0) is 4.74 Å². The molecule has 0 aliphatic carbocycles. The van der Waals surface area contributed by atoms with E-state index in [-0.39, 0.29) is 6.23 Å². The fraction of sp³-hybridized carbons (Fsp3) is 0.385. The lowest BCUT2D eigenvalue weighted by Crippen LogP contribution is -2.15. The van der Waals surface area contributed by atoms with Crippen molar-refractivity contribution in [2.75, 3.05) is 0 Å². The second-order valence-electron chi connectivity index (χ2n) is 3.84. The van der Waals surface area contributed by atoms with Crippen molar-refractivity contribution in [3.8, 4) is 0 Å². The van der Waals surface area contributed by atoms with Crippen LogP contribution in [0.2, 0.25) is 0 Å². The Hall–Kier alpha value is -1.44. The Balaban J connectivity index is 2.07. The van der Waals surface area contributed by atoms with Gasteiger partial charge in [0.2, 0.25) is 0 Å². The zero-order chi connectivity index (χ0) is 10.7. The number of ether oxygens (including phenoxy) is 1. The van der Waals surface area contributed by atoms with Gasteiger partial charge in [0.1, 0.15) is 5.76 Å². The molecule has 1 heterocycles. The molecule has 1 unspecified atom stereocenters. The molecule has 0 saturated carbocycles. The van der Waals surface area contributed by atoms with Gasteiger partial charge in [-0.1, -0.05) is 43.7 Å². The minimum absolute atomic E-state index is 0.00718. The first-order valence-corrected chi connectivity index (χ1v) is 5.49. The molecule has 1 aromatic carbocycles. The molecule has 1 aliphatic rings. The van der Waals surface area contributed by atoms with Gasteiger partial charge in [0.05, 0.1) is 5.70 Å². The van der Waals surface area contributed by atoms with Crippen molar-refractivity contribution >= 4 is 0 Å². The Kier molecular flexibility index (Phi) is 2.95. The first-order chi connectivity index (χ1) is 7.31. The maximum atomic E-state index is 5.78. The molecule has 2 heteroatoms. The Bertz CT molecular complexity index is 356. The third-order valence-electron chi connectivity index (χ3n) is 2.63. The Morgan fingerprint density at radius 2 is 2.00 bits per heavy atom. The lowest BCUT2D eigenvalue weighted by molar-refractivity contribution is 0.130. The summed E-state index contributed by atoms with van der Waals surface area (Å²) in [7, 11) is 0. The highest BCUT2D eigenvalue weighted by Crippen LogP contribution is 2.28.